The topological polar surface area (TPSA) is 235 Å². The van der Waals surface area contributed by atoms with Crippen LogP contribution in [0, 0.1) is 0 Å². The van der Waals surface area contributed by atoms with Crippen LogP contribution in [0.5, 0.6) is 0 Å². The van der Waals surface area contributed by atoms with Gasteiger partial charge in [-0.1, -0.05) is 0 Å². The molecule has 12 nitrogen and oxygen atoms in total. The molecule has 0 saturated carbocycles. The Balaban J connectivity index is -0.0000000536. The van der Waals surface area contributed by atoms with Crippen LogP contribution in [0.3, 0.4) is 0 Å². The quantitative estimate of drug-likeness (QED) is 0.301. The second-order valence-electron chi connectivity index (χ2n) is 1.76. The summed E-state index contributed by atoms with van der Waals surface area (Å²) < 4.78 is 0. The van der Waals surface area contributed by atoms with Gasteiger partial charge < -0.3 is 49.8 Å². The molecule has 0 radical (unpaired) electrons. The number of carboxylic acids is 6. The van der Waals surface area contributed by atoms with Gasteiger partial charge in [0.2, 0.25) is 0 Å². The Kier molecular flexibility index (Phi) is 28.2. The predicted octanol–water partition coefficient (Wildman–Crippen LogP) is -10.9. The maximum atomic E-state index is 9.10. The molecule has 0 aromatic heterocycles. The van der Waals surface area contributed by atoms with E-state index >= 15 is 0 Å². The molecule has 14 heteroatoms. The van der Waals surface area contributed by atoms with Crippen molar-refractivity contribution in [3.8, 4) is 0 Å². The first-order valence-corrected chi connectivity index (χ1v) is 3.24. The summed E-state index contributed by atoms with van der Waals surface area (Å²) in [6.07, 6.45) is 0. The third-order valence-corrected chi connectivity index (χ3v) is 0.516. The molecule has 0 amide bonds. The molecule has 0 rings (SSSR count). The van der Waals surface area contributed by atoms with Gasteiger partial charge in [0.25, 0.3) is 0 Å². The maximum Gasteiger partial charge on any atom is 3.00 e. The maximum absolute atomic E-state index is 9.10. The Morgan fingerprint density at radius 1 is 0.550 bits per heavy atom. The number of aliphatic carboxylic acids is 6. The Morgan fingerprint density at radius 2 is 0.650 bits per heavy atom. The molecular weight excluding hydrogens is 362 g/mol. The fourth-order valence-corrected chi connectivity index (χ4v) is 0. The molecule has 0 atom stereocenters. The third-order valence-electron chi connectivity index (χ3n) is 0.516. The first kappa shape index (κ1) is 31.4. The van der Waals surface area contributed by atoms with E-state index in [1.165, 1.54) is 0 Å². The number of carbonyl (C=O) groups is 6. The van der Waals surface area contributed by atoms with Crippen LogP contribution in [-0.2, 0) is 45.5 Å². The van der Waals surface area contributed by atoms with Crippen molar-refractivity contribution in [1.29, 1.82) is 0 Å². The van der Waals surface area contributed by atoms with E-state index in [0.717, 1.165) is 0 Å². The van der Waals surface area contributed by atoms with E-state index in [-0.39, 0.29) is 68.2 Å². The van der Waals surface area contributed by atoms with Crippen molar-refractivity contribution >= 4 is 35.8 Å². The van der Waals surface area contributed by atoms with Gasteiger partial charge in [-0.25, -0.2) is 9.59 Å². The van der Waals surface area contributed by atoms with E-state index in [9.17, 15) is 0 Å². The van der Waals surface area contributed by atoms with Crippen molar-refractivity contribution in [3.63, 3.8) is 0 Å². The van der Waals surface area contributed by atoms with Gasteiger partial charge in [0.05, 0.1) is 23.9 Å². The SMILES string of the molecule is O=C(O)C(=O)O.O=C([O-])C(=O)[O-].O=C([O-])C(=O)[O-].[Co+3].[K+]. The van der Waals surface area contributed by atoms with Gasteiger partial charge in [0.1, 0.15) is 0 Å². The van der Waals surface area contributed by atoms with E-state index in [0.29, 0.717) is 0 Å². The van der Waals surface area contributed by atoms with Gasteiger partial charge >= 0.3 is 80.1 Å². The molecule has 0 bridgehead atoms. The van der Waals surface area contributed by atoms with Crippen LogP contribution in [0.1, 0.15) is 0 Å². The van der Waals surface area contributed by atoms with Crippen LogP contribution in [0.15, 0.2) is 0 Å². The Labute approximate surface area is 162 Å². The van der Waals surface area contributed by atoms with Crippen LogP contribution in [0.4, 0.5) is 0 Å². The van der Waals surface area contributed by atoms with Gasteiger partial charge in [0, 0.05) is 0 Å². The zero-order chi connectivity index (χ0) is 15.5. The number of rotatable bonds is 0. The molecule has 108 valence electrons. The summed E-state index contributed by atoms with van der Waals surface area (Å²) in [6, 6.07) is 0. The molecule has 0 fully saturated rings. The van der Waals surface area contributed by atoms with E-state index in [4.69, 9.17) is 59.4 Å². The van der Waals surface area contributed by atoms with Crippen molar-refractivity contribution in [1.82, 2.24) is 0 Å². The standard InChI is InChI=1S/3C2H2O4.Co.K/c3*3-1(4)2(5)6;;/h3*(H,3,4)(H,5,6);;/q;;;+3;+1/p-4. The van der Waals surface area contributed by atoms with Crippen molar-refractivity contribution in [2.75, 3.05) is 0 Å². The van der Waals surface area contributed by atoms with E-state index < -0.39 is 35.8 Å². The minimum absolute atomic E-state index is 0. The summed E-state index contributed by atoms with van der Waals surface area (Å²) in [7, 11) is 0. The fourth-order valence-electron chi connectivity index (χ4n) is 0. The normalized spacial score (nSPS) is 6.60. The molecule has 0 aliphatic carbocycles. The van der Waals surface area contributed by atoms with Gasteiger partial charge in [-0.15, -0.1) is 0 Å². The van der Waals surface area contributed by atoms with E-state index in [2.05, 4.69) is 0 Å². The molecule has 0 aliphatic rings. The summed E-state index contributed by atoms with van der Waals surface area (Å²) in [4.78, 5) is 53.9. The van der Waals surface area contributed by atoms with E-state index in [1.807, 2.05) is 0 Å². The van der Waals surface area contributed by atoms with E-state index in [1.54, 1.807) is 0 Å². The number of carbonyl (C=O) groups excluding carboxylic acids is 4. The fraction of sp³-hybridized carbons (Fsp3) is 0. The molecule has 0 aromatic rings. The summed E-state index contributed by atoms with van der Waals surface area (Å²) in [6.45, 7) is 0. The molecule has 0 unspecified atom stereocenters. The summed E-state index contributed by atoms with van der Waals surface area (Å²) >= 11 is 0. The van der Waals surface area contributed by atoms with Crippen LogP contribution in [0.25, 0.3) is 0 Å². The van der Waals surface area contributed by atoms with Gasteiger partial charge in [-0.2, -0.15) is 0 Å². The minimum atomic E-state index is -2.19. The summed E-state index contributed by atoms with van der Waals surface area (Å²) in [5.41, 5.74) is 0. The molecule has 0 spiro atoms. The largest absolute Gasteiger partial charge is 3.00 e. The van der Waals surface area contributed by atoms with Gasteiger partial charge in [-0.3, -0.25) is 0 Å². The number of carboxylic acid groups (broad SMARTS) is 6. The molecule has 0 aliphatic heterocycles. The average Bonchev–Trinajstić information content (AvgIpc) is 2.18. The monoisotopic (exact) mass is 364 g/mol. The zero-order valence-electron chi connectivity index (χ0n) is 9.31. The van der Waals surface area contributed by atoms with Crippen LogP contribution >= 0.6 is 0 Å². The molecular formula is C6H2CoKO12. The first-order chi connectivity index (χ1) is 7.93. The van der Waals surface area contributed by atoms with Crippen molar-refractivity contribution in [3.05, 3.63) is 0 Å². The minimum Gasteiger partial charge on any atom is -0.543 e. The summed E-state index contributed by atoms with van der Waals surface area (Å²) in [5.74, 6) is -12.4. The van der Waals surface area contributed by atoms with Crippen LogP contribution in [-0.4, -0.2) is 46.0 Å². The summed E-state index contributed by atoms with van der Waals surface area (Å²) in [5, 5.41) is 50.5. The zero-order valence-corrected chi connectivity index (χ0v) is 13.5. The number of hydrogen-bond donors (Lipinski definition) is 2. The number of hydrogen-bond acceptors (Lipinski definition) is 10. The van der Waals surface area contributed by atoms with Crippen molar-refractivity contribution in [2.45, 2.75) is 0 Å². The van der Waals surface area contributed by atoms with Crippen LogP contribution < -0.4 is 71.8 Å². The van der Waals surface area contributed by atoms with Crippen LogP contribution in [0.2, 0.25) is 0 Å². The average molecular weight is 364 g/mol. The molecule has 0 saturated heterocycles. The predicted molar refractivity (Wildman–Crippen MR) is 35.3 cm³/mol. The van der Waals surface area contributed by atoms with Crippen molar-refractivity contribution in [2.24, 2.45) is 0 Å². The smallest absolute Gasteiger partial charge is 0.543 e. The molecule has 0 heterocycles. The first-order valence-electron chi connectivity index (χ1n) is 3.24. The van der Waals surface area contributed by atoms with Gasteiger partial charge in [-0.05, 0) is 0 Å². The third kappa shape index (κ3) is 36.0. The van der Waals surface area contributed by atoms with Gasteiger partial charge in [0.15, 0.2) is 0 Å². The Hall–Kier alpha value is -1.04. The Bertz CT molecular complexity index is 283. The molecule has 0 aromatic carbocycles. The molecule has 20 heavy (non-hydrogen) atoms. The van der Waals surface area contributed by atoms with Crippen molar-refractivity contribution < 1.29 is 128 Å². The second kappa shape index (κ2) is 18.0. The second-order valence-corrected chi connectivity index (χ2v) is 1.76. The Morgan fingerprint density at radius 3 is 0.650 bits per heavy atom. The molecule has 2 N–H and O–H groups in total.